The zero-order valence-electron chi connectivity index (χ0n) is 19.5. The fraction of sp³-hybridized carbons (Fsp3) is 0.370. The smallest absolute Gasteiger partial charge is 0.316 e. The average molecular weight is 477 g/mol. The molecule has 0 aliphatic heterocycles. The number of hydrogen-bond acceptors (Lipinski definition) is 6. The van der Waals surface area contributed by atoms with E-state index in [0.717, 1.165) is 48.9 Å². The van der Waals surface area contributed by atoms with Gasteiger partial charge in [-0.1, -0.05) is 54.9 Å². The molecule has 0 atom stereocenters. The van der Waals surface area contributed by atoms with Crippen molar-refractivity contribution in [2.24, 2.45) is 0 Å². The van der Waals surface area contributed by atoms with Crippen molar-refractivity contribution in [1.29, 1.82) is 0 Å². The number of esters is 1. The maximum atomic E-state index is 14.3. The molecule has 1 fully saturated rings. The van der Waals surface area contributed by atoms with Gasteiger partial charge in [-0.3, -0.25) is 14.2 Å². The van der Waals surface area contributed by atoms with Crippen LogP contribution in [0.4, 0.5) is 0 Å². The van der Waals surface area contributed by atoms with E-state index in [4.69, 9.17) is 14.5 Å². The summed E-state index contributed by atoms with van der Waals surface area (Å²) in [6, 6.07) is 15.7. The summed E-state index contributed by atoms with van der Waals surface area (Å²) in [6.07, 6.45) is 5.05. The van der Waals surface area contributed by atoms with Crippen LogP contribution in [0.5, 0.6) is 5.75 Å². The van der Waals surface area contributed by atoms with Gasteiger partial charge in [0.2, 0.25) is 0 Å². The highest BCUT2D eigenvalue weighted by Gasteiger charge is 2.44. The summed E-state index contributed by atoms with van der Waals surface area (Å²) in [5, 5.41) is 0.481. The van der Waals surface area contributed by atoms with Gasteiger partial charge < -0.3 is 9.47 Å². The largest absolute Gasteiger partial charge is 0.497 e. The minimum atomic E-state index is -0.329. The standard InChI is InChI=1S/C27H28N2O4S/c1-3-33-22(30)17-34-26-28-24-21-12-5-4-9-18(21)16-27(13-6-7-14-27)23(24)25(31)29(26)19-10-8-11-20(15-19)32-2/h4-5,8-12,15H,3,6-7,13-14,16-17H2,1-2H3. The van der Waals surface area contributed by atoms with E-state index in [2.05, 4.69) is 18.2 Å². The Morgan fingerprint density at radius 2 is 1.94 bits per heavy atom. The van der Waals surface area contributed by atoms with Crippen LogP contribution in [-0.4, -0.2) is 35.0 Å². The van der Waals surface area contributed by atoms with Crippen LogP contribution < -0.4 is 10.3 Å². The summed E-state index contributed by atoms with van der Waals surface area (Å²) >= 11 is 1.23. The first-order chi connectivity index (χ1) is 16.6. The number of carbonyl (C=O) groups excluding carboxylic acids is 1. The molecule has 3 aromatic rings. The minimum absolute atomic E-state index is 0.0546. The van der Waals surface area contributed by atoms with Crippen LogP contribution in [0.3, 0.4) is 0 Å². The Hall–Kier alpha value is -3.06. The molecule has 1 heterocycles. The number of benzene rings is 2. The Morgan fingerprint density at radius 3 is 2.71 bits per heavy atom. The highest BCUT2D eigenvalue weighted by atomic mass is 32.2. The summed E-state index contributed by atoms with van der Waals surface area (Å²) in [6.45, 7) is 2.10. The molecule has 7 heteroatoms. The minimum Gasteiger partial charge on any atom is -0.497 e. The molecule has 1 saturated carbocycles. The van der Waals surface area contributed by atoms with Crippen molar-refractivity contribution in [3.63, 3.8) is 0 Å². The Balaban J connectivity index is 1.75. The predicted octanol–water partition coefficient (Wildman–Crippen LogP) is 4.93. The summed E-state index contributed by atoms with van der Waals surface area (Å²) in [5.74, 6) is 0.407. The quantitative estimate of drug-likeness (QED) is 0.285. The second-order valence-corrected chi connectivity index (χ2v) is 9.82. The Morgan fingerprint density at radius 1 is 1.15 bits per heavy atom. The lowest BCUT2D eigenvalue weighted by Gasteiger charge is -2.36. The predicted molar refractivity (Wildman–Crippen MR) is 133 cm³/mol. The molecule has 0 unspecified atom stereocenters. The first-order valence-corrected chi connectivity index (χ1v) is 12.7. The molecule has 176 valence electrons. The van der Waals surface area contributed by atoms with Crippen molar-refractivity contribution in [1.82, 2.24) is 9.55 Å². The first-order valence-electron chi connectivity index (χ1n) is 11.7. The molecule has 1 aromatic heterocycles. The van der Waals surface area contributed by atoms with E-state index in [1.807, 2.05) is 30.3 Å². The van der Waals surface area contributed by atoms with Crippen molar-refractivity contribution in [2.75, 3.05) is 19.5 Å². The van der Waals surface area contributed by atoms with E-state index >= 15 is 0 Å². The second kappa shape index (κ2) is 9.29. The highest BCUT2D eigenvalue weighted by molar-refractivity contribution is 7.99. The summed E-state index contributed by atoms with van der Waals surface area (Å²) in [4.78, 5) is 31.6. The molecule has 0 saturated heterocycles. The number of rotatable bonds is 6. The van der Waals surface area contributed by atoms with Crippen molar-refractivity contribution < 1.29 is 14.3 Å². The fourth-order valence-electron chi connectivity index (χ4n) is 5.41. The van der Waals surface area contributed by atoms with Crippen molar-refractivity contribution in [3.8, 4) is 22.7 Å². The number of aromatic nitrogens is 2. The van der Waals surface area contributed by atoms with Crippen LogP contribution >= 0.6 is 11.8 Å². The van der Waals surface area contributed by atoms with E-state index < -0.39 is 0 Å². The topological polar surface area (TPSA) is 70.4 Å². The van der Waals surface area contributed by atoms with Crippen LogP contribution in [0, 0.1) is 0 Å². The van der Waals surface area contributed by atoms with Gasteiger partial charge >= 0.3 is 5.97 Å². The fourth-order valence-corrected chi connectivity index (χ4v) is 6.22. The molecular weight excluding hydrogens is 448 g/mol. The van der Waals surface area contributed by atoms with Gasteiger partial charge in [-0.2, -0.15) is 0 Å². The molecule has 0 radical (unpaired) electrons. The third-order valence-electron chi connectivity index (χ3n) is 6.88. The maximum absolute atomic E-state index is 14.3. The van der Waals surface area contributed by atoms with Gasteiger partial charge in [0.05, 0.1) is 36.4 Å². The summed E-state index contributed by atoms with van der Waals surface area (Å²) in [7, 11) is 1.61. The van der Waals surface area contributed by atoms with E-state index in [0.29, 0.717) is 23.2 Å². The Bertz CT molecular complexity index is 1290. The molecule has 2 aliphatic carbocycles. The van der Waals surface area contributed by atoms with Crippen molar-refractivity contribution in [2.45, 2.75) is 49.6 Å². The lowest BCUT2D eigenvalue weighted by Crippen LogP contribution is -2.40. The van der Waals surface area contributed by atoms with Crippen molar-refractivity contribution >= 4 is 17.7 Å². The zero-order valence-corrected chi connectivity index (χ0v) is 20.3. The van der Waals surface area contributed by atoms with Crippen LogP contribution in [0.15, 0.2) is 58.5 Å². The number of ether oxygens (including phenoxy) is 2. The molecular formula is C27H28N2O4S. The summed E-state index contributed by atoms with van der Waals surface area (Å²) in [5.41, 5.74) is 4.26. The van der Waals surface area contributed by atoms with Crippen LogP contribution in [0.25, 0.3) is 16.9 Å². The van der Waals surface area contributed by atoms with Gasteiger partial charge in [-0.25, -0.2) is 4.98 Å². The summed E-state index contributed by atoms with van der Waals surface area (Å²) < 4.78 is 12.2. The molecule has 34 heavy (non-hydrogen) atoms. The third kappa shape index (κ3) is 3.92. The molecule has 6 nitrogen and oxygen atoms in total. The molecule has 0 amide bonds. The third-order valence-corrected chi connectivity index (χ3v) is 7.79. The number of carbonyl (C=O) groups is 1. The van der Waals surface area contributed by atoms with Gasteiger partial charge in [-0.05, 0) is 43.9 Å². The molecule has 0 bridgehead atoms. The van der Waals surface area contributed by atoms with Crippen LogP contribution in [0.2, 0.25) is 0 Å². The number of nitrogens with zero attached hydrogens (tertiary/aromatic N) is 2. The van der Waals surface area contributed by atoms with Crippen LogP contribution in [0.1, 0.15) is 43.7 Å². The molecule has 2 aromatic carbocycles. The van der Waals surface area contributed by atoms with E-state index in [-0.39, 0.29) is 22.7 Å². The Labute approximate surface area is 203 Å². The highest BCUT2D eigenvalue weighted by Crippen LogP contribution is 2.50. The number of hydrogen-bond donors (Lipinski definition) is 0. The Kier molecular flexibility index (Phi) is 6.21. The zero-order chi connectivity index (χ0) is 23.7. The van der Waals surface area contributed by atoms with Crippen molar-refractivity contribution in [3.05, 3.63) is 70.0 Å². The molecule has 5 rings (SSSR count). The lowest BCUT2D eigenvalue weighted by molar-refractivity contribution is -0.139. The second-order valence-electron chi connectivity index (χ2n) is 8.88. The van der Waals surface area contributed by atoms with E-state index in [1.165, 1.54) is 17.3 Å². The number of thioether (sulfide) groups is 1. The molecule has 0 N–H and O–H groups in total. The average Bonchev–Trinajstić information content (AvgIpc) is 3.31. The molecule has 1 spiro atoms. The van der Waals surface area contributed by atoms with Gasteiger partial charge in [0.15, 0.2) is 5.16 Å². The lowest BCUT2D eigenvalue weighted by atomic mass is 9.68. The number of fused-ring (bicyclic) bond motifs is 4. The van der Waals surface area contributed by atoms with Gasteiger partial charge in [0.1, 0.15) is 5.75 Å². The van der Waals surface area contributed by atoms with E-state index in [9.17, 15) is 9.59 Å². The van der Waals surface area contributed by atoms with Gasteiger partial charge in [-0.15, -0.1) is 0 Å². The van der Waals surface area contributed by atoms with Crippen LogP contribution in [-0.2, 0) is 21.4 Å². The van der Waals surface area contributed by atoms with Gasteiger partial charge in [0, 0.05) is 17.0 Å². The monoisotopic (exact) mass is 476 g/mol. The maximum Gasteiger partial charge on any atom is 0.316 e. The van der Waals surface area contributed by atoms with E-state index in [1.54, 1.807) is 18.6 Å². The molecule has 2 aliphatic rings. The first kappa shape index (κ1) is 22.7. The van der Waals surface area contributed by atoms with Gasteiger partial charge in [0.25, 0.3) is 5.56 Å². The number of methoxy groups -OCH3 is 1. The SMILES string of the molecule is CCOC(=O)CSc1nc2c(c(=O)n1-c1cccc(OC)c1)C1(CCCC1)Cc1ccccc1-2. The normalized spacial score (nSPS) is 15.6.